The van der Waals surface area contributed by atoms with Crippen molar-refractivity contribution in [2.24, 2.45) is 5.92 Å². The molecule has 2 nitrogen and oxygen atoms in total. The van der Waals surface area contributed by atoms with Crippen molar-refractivity contribution in [3.05, 3.63) is 0 Å². The van der Waals surface area contributed by atoms with Crippen LogP contribution in [0.3, 0.4) is 0 Å². The molecule has 12 heavy (non-hydrogen) atoms. The highest BCUT2D eigenvalue weighted by Gasteiger charge is 2.32. The molecule has 1 aliphatic rings. The fourth-order valence-electron chi connectivity index (χ4n) is 1.53. The SMILES string of the molecule is O=CC(F)(F)CC1CCCNC1. The number of hydrogen-bond acceptors (Lipinski definition) is 2. The first-order valence-electron chi connectivity index (χ1n) is 4.19. The van der Waals surface area contributed by atoms with Crippen LogP contribution in [0.4, 0.5) is 8.78 Å². The molecule has 1 aliphatic heterocycles. The molecule has 0 aromatic heterocycles. The summed E-state index contributed by atoms with van der Waals surface area (Å²) < 4.78 is 25.1. The fraction of sp³-hybridized carbons (Fsp3) is 0.875. The highest BCUT2D eigenvalue weighted by atomic mass is 19.3. The summed E-state index contributed by atoms with van der Waals surface area (Å²) in [5.41, 5.74) is 0. The van der Waals surface area contributed by atoms with Crippen molar-refractivity contribution in [1.29, 1.82) is 0 Å². The van der Waals surface area contributed by atoms with Gasteiger partial charge in [0.25, 0.3) is 0 Å². The van der Waals surface area contributed by atoms with Gasteiger partial charge >= 0.3 is 5.92 Å². The van der Waals surface area contributed by atoms with E-state index in [0.717, 1.165) is 19.4 Å². The van der Waals surface area contributed by atoms with Crippen LogP contribution in [0.1, 0.15) is 19.3 Å². The third kappa shape index (κ3) is 2.85. The minimum atomic E-state index is -3.12. The maximum atomic E-state index is 12.5. The summed E-state index contributed by atoms with van der Waals surface area (Å²) in [6.45, 7) is 1.52. The number of carbonyl (C=O) groups excluding carboxylic acids is 1. The topological polar surface area (TPSA) is 29.1 Å². The Morgan fingerprint density at radius 3 is 2.83 bits per heavy atom. The van der Waals surface area contributed by atoms with Crippen molar-refractivity contribution in [1.82, 2.24) is 5.32 Å². The first kappa shape index (κ1) is 9.58. The lowest BCUT2D eigenvalue weighted by molar-refractivity contribution is -0.131. The minimum absolute atomic E-state index is 0.0426. The zero-order valence-electron chi connectivity index (χ0n) is 6.85. The monoisotopic (exact) mass is 177 g/mol. The van der Waals surface area contributed by atoms with Crippen LogP contribution in [-0.4, -0.2) is 25.3 Å². The zero-order valence-corrected chi connectivity index (χ0v) is 6.85. The normalized spacial score (nSPS) is 25.3. The first-order chi connectivity index (χ1) is 5.64. The molecule has 1 heterocycles. The molecule has 4 heteroatoms. The van der Waals surface area contributed by atoms with Crippen LogP contribution >= 0.6 is 0 Å². The van der Waals surface area contributed by atoms with E-state index in [1.165, 1.54) is 0 Å². The van der Waals surface area contributed by atoms with Gasteiger partial charge in [-0.2, -0.15) is 8.78 Å². The Hall–Kier alpha value is -0.510. The molecule has 1 rings (SSSR count). The number of carbonyl (C=O) groups is 1. The molecule has 0 aromatic carbocycles. The molecular formula is C8H13F2NO. The Balaban J connectivity index is 2.33. The summed E-state index contributed by atoms with van der Waals surface area (Å²) in [4.78, 5) is 9.93. The van der Waals surface area contributed by atoms with E-state index < -0.39 is 5.92 Å². The summed E-state index contributed by atoms with van der Waals surface area (Å²) in [6.07, 6.45) is 1.18. The average molecular weight is 177 g/mol. The van der Waals surface area contributed by atoms with Gasteiger partial charge in [-0.05, 0) is 31.8 Å². The number of alkyl halides is 2. The van der Waals surface area contributed by atoms with Crippen LogP contribution in [0.25, 0.3) is 0 Å². The maximum absolute atomic E-state index is 12.5. The third-order valence-corrected chi connectivity index (χ3v) is 2.13. The number of aldehydes is 1. The maximum Gasteiger partial charge on any atom is 0.302 e. The molecular weight excluding hydrogens is 164 g/mol. The molecule has 0 aliphatic carbocycles. The Kier molecular flexibility index (Phi) is 3.14. The van der Waals surface area contributed by atoms with E-state index in [0.29, 0.717) is 6.54 Å². The lowest BCUT2D eigenvalue weighted by Crippen LogP contribution is -2.34. The number of piperidine rings is 1. The van der Waals surface area contributed by atoms with Crippen LogP contribution in [0.15, 0.2) is 0 Å². The smallest absolute Gasteiger partial charge is 0.302 e. The van der Waals surface area contributed by atoms with Crippen LogP contribution in [-0.2, 0) is 4.79 Å². The molecule has 70 valence electrons. The van der Waals surface area contributed by atoms with E-state index in [-0.39, 0.29) is 18.6 Å². The summed E-state index contributed by atoms with van der Waals surface area (Å²) in [6, 6.07) is 0. The van der Waals surface area contributed by atoms with Crippen molar-refractivity contribution in [3.63, 3.8) is 0 Å². The predicted octanol–water partition coefficient (Wildman–Crippen LogP) is 1.21. The zero-order chi connectivity index (χ0) is 9.03. The van der Waals surface area contributed by atoms with Crippen molar-refractivity contribution in [2.45, 2.75) is 25.2 Å². The molecule has 0 saturated carbocycles. The molecule has 0 aromatic rings. The van der Waals surface area contributed by atoms with E-state index >= 15 is 0 Å². The van der Waals surface area contributed by atoms with E-state index in [2.05, 4.69) is 5.32 Å². The number of nitrogens with one attached hydrogen (secondary N) is 1. The summed E-state index contributed by atoms with van der Waals surface area (Å²) >= 11 is 0. The molecule has 0 spiro atoms. The summed E-state index contributed by atoms with van der Waals surface area (Å²) in [5.74, 6) is -3.16. The Bertz CT molecular complexity index is 155. The molecule has 1 saturated heterocycles. The van der Waals surface area contributed by atoms with Gasteiger partial charge in [0, 0.05) is 6.42 Å². The molecule has 0 amide bonds. The van der Waals surface area contributed by atoms with Gasteiger partial charge in [-0.1, -0.05) is 0 Å². The van der Waals surface area contributed by atoms with Gasteiger partial charge in [0.05, 0.1) is 0 Å². The average Bonchev–Trinajstić information content (AvgIpc) is 2.06. The predicted molar refractivity (Wildman–Crippen MR) is 41.2 cm³/mol. The highest BCUT2D eigenvalue weighted by Crippen LogP contribution is 2.25. The Morgan fingerprint density at radius 1 is 1.58 bits per heavy atom. The van der Waals surface area contributed by atoms with Crippen molar-refractivity contribution >= 4 is 6.29 Å². The first-order valence-corrected chi connectivity index (χ1v) is 4.19. The lowest BCUT2D eigenvalue weighted by atomic mass is 9.93. The summed E-state index contributed by atoms with van der Waals surface area (Å²) in [5, 5.41) is 3.03. The van der Waals surface area contributed by atoms with Gasteiger partial charge in [0.2, 0.25) is 0 Å². The van der Waals surface area contributed by atoms with Gasteiger partial charge in [-0.3, -0.25) is 4.79 Å². The third-order valence-electron chi connectivity index (χ3n) is 2.13. The number of halogens is 2. The quantitative estimate of drug-likeness (QED) is 0.656. The van der Waals surface area contributed by atoms with E-state index in [1.807, 2.05) is 0 Å². The second-order valence-electron chi connectivity index (χ2n) is 3.30. The van der Waals surface area contributed by atoms with E-state index in [9.17, 15) is 13.6 Å². The van der Waals surface area contributed by atoms with Gasteiger partial charge < -0.3 is 5.32 Å². The van der Waals surface area contributed by atoms with E-state index in [4.69, 9.17) is 0 Å². The molecule has 1 atom stereocenters. The highest BCUT2D eigenvalue weighted by molar-refractivity contribution is 5.59. The number of rotatable bonds is 3. The van der Waals surface area contributed by atoms with E-state index in [1.54, 1.807) is 0 Å². The standard InChI is InChI=1S/C8H13F2NO/c9-8(10,6-12)4-7-2-1-3-11-5-7/h6-7,11H,1-5H2. The minimum Gasteiger partial charge on any atom is -0.316 e. The second-order valence-corrected chi connectivity index (χ2v) is 3.30. The number of hydrogen-bond donors (Lipinski definition) is 1. The molecule has 0 bridgehead atoms. The molecule has 1 unspecified atom stereocenters. The van der Waals surface area contributed by atoms with Crippen LogP contribution in [0.5, 0.6) is 0 Å². The van der Waals surface area contributed by atoms with Crippen molar-refractivity contribution < 1.29 is 13.6 Å². The second kappa shape index (κ2) is 3.94. The summed E-state index contributed by atoms with van der Waals surface area (Å²) in [7, 11) is 0. The lowest BCUT2D eigenvalue weighted by Gasteiger charge is -2.24. The van der Waals surface area contributed by atoms with Gasteiger partial charge in [-0.15, -0.1) is 0 Å². The molecule has 1 N–H and O–H groups in total. The molecule has 0 radical (unpaired) electrons. The van der Waals surface area contributed by atoms with Crippen molar-refractivity contribution in [2.75, 3.05) is 13.1 Å². The van der Waals surface area contributed by atoms with Crippen LogP contribution in [0, 0.1) is 5.92 Å². The Morgan fingerprint density at radius 2 is 2.33 bits per heavy atom. The largest absolute Gasteiger partial charge is 0.316 e. The van der Waals surface area contributed by atoms with Gasteiger partial charge in [0.15, 0.2) is 6.29 Å². The molecule has 1 fully saturated rings. The van der Waals surface area contributed by atoms with Crippen LogP contribution in [0.2, 0.25) is 0 Å². The van der Waals surface area contributed by atoms with Gasteiger partial charge in [-0.25, -0.2) is 0 Å². The Labute approximate surface area is 70.3 Å². The fourth-order valence-corrected chi connectivity index (χ4v) is 1.53. The van der Waals surface area contributed by atoms with Gasteiger partial charge in [0.1, 0.15) is 0 Å². The van der Waals surface area contributed by atoms with Crippen molar-refractivity contribution in [3.8, 4) is 0 Å². The van der Waals surface area contributed by atoms with Crippen LogP contribution < -0.4 is 5.32 Å².